The van der Waals surface area contributed by atoms with Crippen molar-refractivity contribution >= 4 is 0 Å². The molecule has 3 aromatic rings. The van der Waals surface area contributed by atoms with Crippen LogP contribution in [-0.2, 0) is 26.2 Å². The van der Waals surface area contributed by atoms with Crippen LogP contribution in [0.25, 0.3) is 0 Å². The van der Waals surface area contributed by atoms with Crippen molar-refractivity contribution in [2.24, 2.45) is 5.92 Å². The summed E-state index contributed by atoms with van der Waals surface area (Å²) >= 11 is 0. The largest absolute Gasteiger partial charge is 0.333 e. The number of nitrogens with zero attached hydrogens (tertiary/aromatic N) is 7. The minimum atomic E-state index is 0.462. The Labute approximate surface area is 134 Å². The van der Waals surface area contributed by atoms with E-state index in [0.29, 0.717) is 5.92 Å². The van der Waals surface area contributed by atoms with Gasteiger partial charge in [0.25, 0.3) is 0 Å². The van der Waals surface area contributed by atoms with Crippen molar-refractivity contribution in [3.05, 3.63) is 61.0 Å². The Morgan fingerprint density at radius 1 is 1.17 bits per heavy atom. The van der Waals surface area contributed by atoms with Gasteiger partial charge in [0.2, 0.25) is 0 Å². The summed E-state index contributed by atoms with van der Waals surface area (Å²) in [5.41, 5.74) is 1.23. The normalized spacial score (nSPS) is 18.5. The minimum Gasteiger partial charge on any atom is -0.333 e. The summed E-state index contributed by atoms with van der Waals surface area (Å²) in [4.78, 5) is 15.2. The van der Waals surface area contributed by atoms with Crippen molar-refractivity contribution in [1.82, 2.24) is 34.2 Å². The molecule has 0 saturated heterocycles. The predicted molar refractivity (Wildman–Crippen MR) is 84.1 cm³/mol. The molecule has 0 amide bonds. The van der Waals surface area contributed by atoms with E-state index in [9.17, 15) is 0 Å². The number of imidazole rings is 1. The first-order valence-electron chi connectivity index (χ1n) is 7.80. The molecular weight excluding hydrogens is 290 g/mol. The molecule has 0 saturated carbocycles. The SMILES string of the molecule is c1cncc(CN2Cc3nccn3C[C@H](Cn3cncn3)C2)c1. The molecule has 0 fully saturated rings. The second kappa shape index (κ2) is 6.29. The van der Waals surface area contributed by atoms with E-state index in [1.165, 1.54) is 5.56 Å². The second-order valence-corrected chi connectivity index (χ2v) is 6.01. The third-order valence-electron chi connectivity index (χ3n) is 4.18. The average molecular weight is 309 g/mol. The van der Waals surface area contributed by atoms with Crippen molar-refractivity contribution < 1.29 is 0 Å². The molecule has 7 heteroatoms. The van der Waals surface area contributed by atoms with E-state index in [1.807, 2.05) is 29.3 Å². The molecular formula is C16H19N7. The lowest BCUT2D eigenvalue weighted by Crippen LogP contribution is -2.30. The van der Waals surface area contributed by atoms with Gasteiger partial charge in [-0.05, 0) is 11.6 Å². The van der Waals surface area contributed by atoms with E-state index in [1.54, 1.807) is 12.7 Å². The molecule has 4 rings (SSSR count). The summed E-state index contributed by atoms with van der Waals surface area (Å²) < 4.78 is 4.17. The van der Waals surface area contributed by atoms with Gasteiger partial charge in [0.1, 0.15) is 18.5 Å². The van der Waals surface area contributed by atoms with Crippen LogP contribution in [0.4, 0.5) is 0 Å². The molecule has 3 aromatic heterocycles. The standard InChI is InChI=1S/C16H19N7/c1-2-14(6-17-3-1)7-21-8-15(10-23-13-18-12-20-23)9-22-5-4-19-16(22)11-21/h1-6,12-13,15H,7-11H2/t15-/m1/s1. The fourth-order valence-electron chi connectivity index (χ4n) is 3.20. The lowest BCUT2D eigenvalue weighted by Gasteiger charge is -2.23. The summed E-state index contributed by atoms with van der Waals surface area (Å²) in [6.45, 7) is 4.56. The molecule has 0 aliphatic carbocycles. The van der Waals surface area contributed by atoms with Gasteiger partial charge in [0, 0.05) is 56.9 Å². The van der Waals surface area contributed by atoms with Crippen LogP contribution in [0.3, 0.4) is 0 Å². The van der Waals surface area contributed by atoms with Gasteiger partial charge in [-0.25, -0.2) is 9.97 Å². The summed E-state index contributed by atoms with van der Waals surface area (Å²) in [5, 5.41) is 4.25. The van der Waals surface area contributed by atoms with Crippen LogP contribution in [0.1, 0.15) is 11.4 Å². The molecule has 0 unspecified atom stereocenters. The monoisotopic (exact) mass is 309 g/mol. The first kappa shape index (κ1) is 14.1. The van der Waals surface area contributed by atoms with Crippen molar-refractivity contribution in [2.75, 3.05) is 6.54 Å². The highest BCUT2D eigenvalue weighted by molar-refractivity contribution is 5.09. The number of fused-ring (bicyclic) bond motifs is 1. The van der Waals surface area contributed by atoms with E-state index in [2.05, 4.69) is 41.8 Å². The summed E-state index contributed by atoms with van der Waals surface area (Å²) in [7, 11) is 0. The highest BCUT2D eigenvalue weighted by Gasteiger charge is 2.23. The van der Waals surface area contributed by atoms with Gasteiger partial charge >= 0.3 is 0 Å². The predicted octanol–water partition coefficient (Wildman–Crippen LogP) is 1.20. The fourth-order valence-corrected chi connectivity index (χ4v) is 3.20. The number of pyridine rings is 1. The molecule has 7 nitrogen and oxygen atoms in total. The Morgan fingerprint density at radius 2 is 2.17 bits per heavy atom. The van der Waals surface area contributed by atoms with Crippen molar-refractivity contribution in [3.63, 3.8) is 0 Å². The molecule has 0 spiro atoms. The van der Waals surface area contributed by atoms with Crippen LogP contribution in [0.15, 0.2) is 49.6 Å². The Balaban J connectivity index is 1.54. The highest BCUT2D eigenvalue weighted by Crippen LogP contribution is 2.18. The van der Waals surface area contributed by atoms with Crippen LogP contribution >= 0.6 is 0 Å². The van der Waals surface area contributed by atoms with Gasteiger partial charge in [0.15, 0.2) is 0 Å². The molecule has 0 aromatic carbocycles. The first-order valence-corrected chi connectivity index (χ1v) is 7.80. The van der Waals surface area contributed by atoms with Gasteiger partial charge in [-0.3, -0.25) is 14.6 Å². The van der Waals surface area contributed by atoms with Crippen LogP contribution in [0.5, 0.6) is 0 Å². The fraction of sp³-hybridized carbons (Fsp3) is 0.375. The van der Waals surface area contributed by atoms with E-state index in [-0.39, 0.29) is 0 Å². The minimum absolute atomic E-state index is 0.462. The quantitative estimate of drug-likeness (QED) is 0.724. The van der Waals surface area contributed by atoms with E-state index >= 15 is 0 Å². The van der Waals surface area contributed by atoms with Crippen molar-refractivity contribution in [2.45, 2.75) is 26.2 Å². The third-order valence-corrected chi connectivity index (χ3v) is 4.18. The van der Waals surface area contributed by atoms with Crippen LogP contribution in [0.2, 0.25) is 0 Å². The Hall–Kier alpha value is -2.54. The van der Waals surface area contributed by atoms with Gasteiger partial charge < -0.3 is 4.57 Å². The summed E-state index contributed by atoms with van der Waals surface area (Å²) in [6, 6.07) is 4.11. The second-order valence-electron chi connectivity index (χ2n) is 6.01. The summed E-state index contributed by atoms with van der Waals surface area (Å²) in [6.07, 6.45) is 11.1. The molecule has 0 radical (unpaired) electrons. The van der Waals surface area contributed by atoms with Crippen LogP contribution in [0, 0.1) is 5.92 Å². The van der Waals surface area contributed by atoms with Crippen LogP contribution in [-0.4, -0.2) is 40.7 Å². The topological polar surface area (TPSA) is 64.7 Å². The maximum atomic E-state index is 4.51. The number of rotatable bonds is 4. The molecule has 4 heterocycles. The Bertz CT molecular complexity index is 735. The Kier molecular flexibility index (Phi) is 3.85. The summed E-state index contributed by atoms with van der Waals surface area (Å²) in [5.74, 6) is 1.58. The van der Waals surface area contributed by atoms with E-state index < -0.39 is 0 Å². The zero-order valence-electron chi connectivity index (χ0n) is 12.9. The van der Waals surface area contributed by atoms with Gasteiger partial charge in [0.05, 0.1) is 6.54 Å². The Morgan fingerprint density at radius 3 is 3.00 bits per heavy atom. The van der Waals surface area contributed by atoms with E-state index in [0.717, 1.165) is 38.5 Å². The zero-order valence-corrected chi connectivity index (χ0v) is 12.9. The number of hydrogen-bond acceptors (Lipinski definition) is 5. The van der Waals surface area contributed by atoms with E-state index in [4.69, 9.17) is 0 Å². The lowest BCUT2D eigenvalue weighted by atomic mass is 10.1. The molecule has 23 heavy (non-hydrogen) atoms. The molecule has 1 aliphatic heterocycles. The number of hydrogen-bond donors (Lipinski definition) is 0. The van der Waals surface area contributed by atoms with Gasteiger partial charge in [-0.1, -0.05) is 6.07 Å². The van der Waals surface area contributed by atoms with Crippen molar-refractivity contribution in [3.8, 4) is 0 Å². The molecule has 0 bridgehead atoms. The smallest absolute Gasteiger partial charge is 0.137 e. The third kappa shape index (κ3) is 3.29. The average Bonchev–Trinajstić information content (AvgIpc) is 3.18. The molecule has 1 atom stereocenters. The molecule has 1 aliphatic rings. The number of aromatic nitrogens is 6. The van der Waals surface area contributed by atoms with Crippen molar-refractivity contribution in [1.29, 1.82) is 0 Å². The van der Waals surface area contributed by atoms with Crippen LogP contribution < -0.4 is 0 Å². The zero-order chi connectivity index (χ0) is 15.5. The van der Waals surface area contributed by atoms with Gasteiger partial charge in [-0.2, -0.15) is 5.10 Å². The maximum Gasteiger partial charge on any atom is 0.137 e. The lowest BCUT2D eigenvalue weighted by molar-refractivity contribution is 0.205. The molecule has 0 N–H and O–H groups in total. The molecule has 118 valence electrons. The first-order chi connectivity index (χ1) is 11.4. The maximum absolute atomic E-state index is 4.51. The van der Waals surface area contributed by atoms with Gasteiger partial charge in [-0.15, -0.1) is 0 Å². The highest BCUT2D eigenvalue weighted by atomic mass is 15.3.